The Labute approximate surface area is 260 Å². The summed E-state index contributed by atoms with van der Waals surface area (Å²) in [6.07, 6.45) is -8.75. The number of aromatic amines is 1. The van der Waals surface area contributed by atoms with E-state index in [0.29, 0.717) is 0 Å². The van der Waals surface area contributed by atoms with Gasteiger partial charge in [-0.25, -0.2) is 33.5 Å². The fourth-order valence-electron chi connectivity index (χ4n) is 5.26. The molecule has 2 bridgehead atoms. The highest BCUT2D eigenvalue weighted by Crippen LogP contribution is 2.60. The quantitative estimate of drug-likeness (QED) is 0.122. The monoisotopic (exact) mass is 708 g/mol. The number of rotatable bonds is 2. The van der Waals surface area contributed by atoms with Crippen molar-refractivity contribution in [2.24, 2.45) is 0 Å². The zero-order chi connectivity index (χ0) is 31.8. The number of nitrogens with two attached hydrogens (primary N) is 2. The maximum Gasteiger partial charge on any atom is 0.386 e. The van der Waals surface area contributed by atoms with E-state index in [-0.39, 0.29) is 34.1 Å². The van der Waals surface area contributed by atoms with E-state index < -0.39 is 81.5 Å². The molecule has 3 aliphatic rings. The number of fused-ring (bicyclic) bond motifs is 5. The van der Waals surface area contributed by atoms with Gasteiger partial charge in [-0.15, -0.1) is 0 Å². The van der Waals surface area contributed by atoms with E-state index in [0.717, 1.165) is 6.33 Å². The molecule has 6 N–H and O–H groups in total. The van der Waals surface area contributed by atoms with Crippen LogP contribution in [0.3, 0.4) is 0 Å². The highest BCUT2D eigenvalue weighted by Gasteiger charge is 2.54. The van der Waals surface area contributed by atoms with Gasteiger partial charge in [0.1, 0.15) is 42.4 Å². The van der Waals surface area contributed by atoms with Crippen LogP contribution in [-0.4, -0.2) is 94.0 Å². The van der Waals surface area contributed by atoms with Crippen molar-refractivity contribution in [1.29, 1.82) is 0 Å². The van der Waals surface area contributed by atoms with Crippen LogP contribution >= 0.6 is 38.1 Å². The number of hydrogen-bond donors (Lipinski definition) is 6. The molecule has 3 saturated heterocycles. The molecule has 45 heavy (non-hydrogen) atoms. The molecule has 0 aromatic carbocycles. The molecule has 0 spiro atoms. The topological polar surface area (TPSA) is 269 Å². The Morgan fingerprint density at radius 1 is 0.911 bits per heavy atom. The zero-order valence-electron chi connectivity index (χ0n) is 22.3. The predicted octanol–water partition coefficient (Wildman–Crippen LogP) is 0.511. The molecule has 0 aliphatic carbocycles. The van der Waals surface area contributed by atoms with E-state index in [2.05, 4.69) is 54.4 Å². The van der Waals surface area contributed by atoms with Crippen LogP contribution in [0, 0.1) is 0 Å². The summed E-state index contributed by atoms with van der Waals surface area (Å²) in [5, 5.41) is 11.1. The van der Waals surface area contributed by atoms with Gasteiger partial charge in [-0.1, -0.05) is 24.5 Å². The third kappa shape index (κ3) is 5.54. The smallest absolute Gasteiger partial charge is 0.386 e. The van der Waals surface area contributed by atoms with Crippen LogP contribution in [-0.2, 0) is 36.7 Å². The van der Waals surface area contributed by atoms with Gasteiger partial charge in [0, 0.05) is 0 Å². The van der Waals surface area contributed by atoms with E-state index >= 15 is 4.39 Å². The summed E-state index contributed by atoms with van der Waals surface area (Å²) in [6.45, 7) is -10.1. The molecular formula is C20H23FN10O10P2S2. The van der Waals surface area contributed by atoms with Gasteiger partial charge in [0.2, 0.25) is 5.95 Å². The molecule has 4 aromatic heterocycles. The molecule has 20 nitrogen and oxygen atoms in total. The Bertz CT molecular complexity index is 1950. The minimum absolute atomic E-state index is 0.0443. The molecule has 0 amide bonds. The Morgan fingerprint density at radius 3 is 2.27 bits per heavy atom. The van der Waals surface area contributed by atoms with Crippen molar-refractivity contribution < 1.29 is 46.2 Å². The second-order valence-corrected chi connectivity index (χ2v) is 15.8. The molecule has 0 unspecified atom stereocenters. The van der Waals surface area contributed by atoms with Crippen LogP contribution in [0.1, 0.15) is 12.5 Å². The first-order valence-electron chi connectivity index (χ1n) is 12.9. The van der Waals surface area contributed by atoms with E-state index in [1.165, 1.54) is 21.8 Å². The number of H-pyrrole nitrogens is 1. The first kappa shape index (κ1) is 30.9. The van der Waals surface area contributed by atoms with Gasteiger partial charge in [-0.2, -0.15) is 4.98 Å². The van der Waals surface area contributed by atoms with Crippen LogP contribution in [0.15, 0.2) is 23.8 Å². The van der Waals surface area contributed by atoms with E-state index in [1.807, 2.05) is 0 Å². The third-order valence-electron chi connectivity index (χ3n) is 7.28. The summed E-state index contributed by atoms with van der Waals surface area (Å²) < 4.78 is 79.0. The number of nitrogens with zero attached hydrogens (tertiary/aromatic N) is 7. The first-order chi connectivity index (χ1) is 21.3. The maximum atomic E-state index is 16.0. The van der Waals surface area contributed by atoms with Crippen molar-refractivity contribution in [2.45, 2.75) is 49.1 Å². The fraction of sp³-hybridized carbons (Fsp3) is 0.500. The molecule has 7 heterocycles. The van der Waals surface area contributed by atoms with Crippen LogP contribution < -0.4 is 17.0 Å². The number of hydrogen-bond acceptors (Lipinski definition) is 17. The van der Waals surface area contributed by atoms with Crippen LogP contribution in [0.2, 0.25) is 0 Å². The second kappa shape index (κ2) is 11.2. The second-order valence-electron chi connectivity index (χ2n) is 10.1. The Morgan fingerprint density at radius 2 is 1.53 bits per heavy atom. The number of thiol groups is 2. The van der Waals surface area contributed by atoms with Crippen molar-refractivity contribution in [2.75, 3.05) is 24.7 Å². The van der Waals surface area contributed by atoms with Gasteiger partial charge >= 0.3 is 13.6 Å². The Kier molecular flexibility index (Phi) is 7.72. The van der Waals surface area contributed by atoms with Crippen LogP contribution in [0.5, 0.6) is 0 Å². The summed E-state index contributed by atoms with van der Waals surface area (Å²) >= 11 is 8.03. The zero-order valence-corrected chi connectivity index (χ0v) is 25.9. The molecule has 242 valence electrons. The average Bonchev–Trinajstić information content (AvgIpc) is 3.72. The molecular weight excluding hydrogens is 685 g/mol. The van der Waals surface area contributed by atoms with Gasteiger partial charge in [-0.05, 0) is 0 Å². The number of aliphatic hydroxyl groups excluding tert-OH is 1. The van der Waals surface area contributed by atoms with Crippen molar-refractivity contribution in [3.05, 3.63) is 29.3 Å². The standard InChI is InChI=1S/C20H23FN10O10P2S2/c21-8-12-7(39-18(8)30-4-26-9-14(22)24-3-25-15(9)30)2-37-43(35,45)41-13-11(32)6(1-36-42(34,44)40-12)38-19(13)31-5-27-10-16(31)28-20(23)29-17(10)33/h3-8,11-13,18-19,32H,1-2H2,(H,34,44)(H,35,45)(H2,22,24,25)(H3,23,28,29,33)/t6-,7-,8+,11-,12-,13-,18-,19-,42+,43+/m1/s1. The lowest BCUT2D eigenvalue weighted by Gasteiger charge is -2.26. The van der Waals surface area contributed by atoms with E-state index in [4.69, 9.17) is 39.0 Å². The van der Waals surface area contributed by atoms with E-state index in [1.54, 1.807) is 0 Å². The Balaban J connectivity index is 1.21. The molecule has 10 atom stereocenters. The fourth-order valence-corrected chi connectivity index (χ4v) is 8.20. The van der Waals surface area contributed by atoms with Crippen LogP contribution in [0.25, 0.3) is 22.3 Å². The van der Waals surface area contributed by atoms with Gasteiger partial charge in [-0.3, -0.25) is 37.0 Å². The summed E-state index contributed by atoms with van der Waals surface area (Å²) in [6, 6.07) is 0. The third-order valence-corrected chi connectivity index (χ3v) is 10.5. The van der Waals surface area contributed by atoms with Crippen molar-refractivity contribution in [3.8, 4) is 0 Å². The highest BCUT2D eigenvalue weighted by atomic mass is 32.7. The van der Waals surface area contributed by atoms with Crippen molar-refractivity contribution in [1.82, 2.24) is 39.0 Å². The average molecular weight is 709 g/mol. The van der Waals surface area contributed by atoms with Crippen LogP contribution in [0.4, 0.5) is 16.2 Å². The number of anilines is 2. The number of aromatic nitrogens is 8. The lowest BCUT2D eigenvalue weighted by molar-refractivity contribution is -0.0568. The van der Waals surface area contributed by atoms with Gasteiger partial charge in [0.15, 0.2) is 41.3 Å². The van der Waals surface area contributed by atoms with E-state index in [9.17, 15) is 19.0 Å². The lowest BCUT2D eigenvalue weighted by atomic mass is 10.1. The lowest BCUT2D eigenvalue weighted by Crippen LogP contribution is -2.35. The summed E-state index contributed by atoms with van der Waals surface area (Å²) in [7, 11) is 0. The number of ether oxygens (including phenoxy) is 2. The van der Waals surface area contributed by atoms with Gasteiger partial charge in [0.25, 0.3) is 5.56 Å². The van der Waals surface area contributed by atoms with Gasteiger partial charge < -0.3 is 26.0 Å². The molecule has 25 heteroatoms. The number of nitrogens with one attached hydrogen (secondary N) is 1. The highest BCUT2D eigenvalue weighted by molar-refractivity contribution is 8.44. The Hall–Kier alpha value is -2.69. The summed E-state index contributed by atoms with van der Waals surface area (Å²) in [5.41, 5.74) is 11.0. The molecule has 7 rings (SSSR count). The summed E-state index contributed by atoms with van der Waals surface area (Å²) in [5.74, 6) is -0.193. The largest absolute Gasteiger partial charge is 0.387 e. The van der Waals surface area contributed by atoms with Crippen molar-refractivity contribution in [3.63, 3.8) is 0 Å². The minimum Gasteiger partial charge on any atom is -0.387 e. The SMILES string of the molecule is Nc1nc2c(ncn2[C@@H]2O[C@@H]3CO[P@](=O)(S)O[C@H]4[C@H](F)[C@H](n5cnc6c(N)ncnc65)O[C@@H]4CO[P@](=O)(S)O[C@@H]2[C@@H]3O)c(=O)[nH]1. The summed E-state index contributed by atoms with van der Waals surface area (Å²) in [4.78, 5) is 34.7. The number of imidazole rings is 2. The molecule has 3 fully saturated rings. The maximum absolute atomic E-state index is 16.0. The molecule has 3 aliphatic heterocycles. The number of alkyl halides is 1. The van der Waals surface area contributed by atoms with Crippen molar-refractivity contribution >= 4 is 72.2 Å². The molecule has 0 saturated carbocycles. The normalized spacial score (nSPS) is 37.7. The van der Waals surface area contributed by atoms with Gasteiger partial charge in [0.05, 0.1) is 25.9 Å². The minimum atomic E-state index is -4.42. The molecule has 4 aromatic rings. The number of halogens is 1. The molecule has 0 radical (unpaired) electrons. The first-order valence-corrected chi connectivity index (χ1v) is 18.3. The number of nitrogen functional groups attached to an aromatic ring is 2. The number of aliphatic hydroxyl groups is 1. The predicted molar refractivity (Wildman–Crippen MR) is 156 cm³/mol.